The van der Waals surface area contributed by atoms with Crippen LogP contribution in [0.5, 0.6) is 5.75 Å². The quantitative estimate of drug-likeness (QED) is 0.266. The molecule has 7 rings (SSSR count). The summed E-state index contributed by atoms with van der Waals surface area (Å²) in [5, 5.41) is 33.9. The molecule has 0 amide bonds. The number of fused-ring (bicyclic) bond motifs is 1. The Labute approximate surface area is 278 Å². The molecule has 0 aromatic heterocycles. The number of carboxylic acids is 2. The second kappa shape index (κ2) is 14.2. The summed E-state index contributed by atoms with van der Waals surface area (Å²) in [6, 6.07) is 21.6. The van der Waals surface area contributed by atoms with Crippen molar-refractivity contribution in [1.82, 2.24) is 10.0 Å². The Bertz CT molecular complexity index is 1580. The number of phenols is 1. The molecule has 3 N–H and O–H groups in total. The number of carbonyl (C=O) groups excluding carboxylic acids is 2. The van der Waals surface area contributed by atoms with Crippen LogP contribution >= 0.6 is 0 Å². The molecule has 5 atom stereocenters. The Morgan fingerprint density at radius 2 is 1.35 bits per heavy atom. The zero-order chi connectivity index (χ0) is 33.8. The van der Waals surface area contributed by atoms with Gasteiger partial charge in [0.1, 0.15) is 5.75 Å². The normalized spacial score (nSPS) is 23.9. The Kier molecular flexibility index (Phi) is 9.79. The highest BCUT2D eigenvalue weighted by Gasteiger charge is 2.53. The van der Waals surface area contributed by atoms with Gasteiger partial charge in [-0.25, -0.2) is 29.2 Å². The number of carbonyl (C=O) groups is 4. The van der Waals surface area contributed by atoms with Crippen molar-refractivity contribution in [2.24, 2.45) is 5.92 Å². The van der Waals surface area contributed by atoms with Gasteiger partial charge in [0.2, 0.25) is 12.2 Å². The van der Waals surface area contributed by atoms with Gasteiger partial charge >= 0.3 is 23.9 Å². The highest BCUT2D eigenvalue weighted by Crippen LogP contribution is 2.53. The van der Waals surface area contributed by atoms with Gasteiger partial charge < -0.3 is 24.8 Å². The number of hydrazine groups is 1. The molecular weight excluding hydrogens is 616 g/mol. The molecule has 11 nitrogen and oxygen atoms in total. The Morgan fingerprint density at radius 3 is 1.90 bits per heavy atom. The number of hydrogen-bond acceptors (Lipinski definition) is 9. The Hall–Kier alpha value is -4.74. The van der Waals surface area contributed by atoms with Gasteiger partial charge in [-0.1, -0.05) is 55.3 Å². The second-order valence-electron chi connectivity index (χ2n) is 13.0. The molecule has 252 valence electrons. The van der Waals surface area contributed by atoms with E-state index in [-0.39, 0.29) is 11.1 Å². The Morgan fingerprint density at radius 1 is 0.771 bits per heavy atom. The molecule has 11 heteroatoms. The molecule has 2 bridgehead atoms. The van der Waals surface area contributed by atoms with E-state index in [0.29, 0.717) is 17.2 Å². The number of hydrogen-bond donors (Lipinski definition) is 3. The third kappa shape index (κ3) is 7.07. The molecule has 2 unspecified atom stereocenters. The number of aromatic hydroxyl groups is 1. The van der Waals surface area contributed by atoms with Crippen LogP contribution in [0, 0.1) is 5.92 Å². The maximum atomic E-state index is 12.0. The number of rotatable bonds is 9. The van der Waals surface area contributed by atoms with Gasteiger partial charge in [0, 0.05) is 31.1 Å². The predicted octanol–water partition coefficient (Wildman–Crippen LogP) is 5.03. The Balaban J connectivity index is 0.000000169. The molecule has 1 saturated heterocycles. The van der Waals surface area contributed by atoms with Gasteiger partial charge in [0.15, 0.2) is 0 Å². The number of phenolic OH excluding ortho intramolecular Hbond substituents is 1. The molecule has 48 heavy (non-hydrogen) atoms. The molecule has 4 aliphatic rings. The summed E-state index contributed by atoms with van der Waals surface area (Å²) in [4.78, 5) is 46.8. The smallest absolute Gasteiger partial charge is 0.349 e. The van der Waals surface area contributed by atoms with Gasteiger partial charge in [-0.05, 0) is 85.5 Å². The number of ether oxygens (including phenoxy) is 2. The van der Waals surface area contributed by atoms with E-state index in [9.17, 15) is 34.5 Å². The third-order valence-corrected chi connectivity index (χ3v) is 9.90. The van der Waals surface area contributed by atoms with Gasteiger partial charge in [-0.15, -0.1) is 0 Å². The lowest BCUT2D eigenvalue weighted by atomic mass is 9.60. The van der Waals surface area contributed by atoms with Crippen LogP contribution in [0.1, 0.15) is 76.8 Å². The van der Waals surface area contributed by atoms with Crippen LogP contribution in [-0.4, -0.2) is 80.6 Å². The minimum Gasteiger partial charge on any atom is -0.508 e. The van der Waals surface area contributed by atoms with Gasteiger partial charge in [-0.3, -0.25) is 0 Å². The first-order valence-electron chi connectivity index (χ1n) is 16.5. The topological polar surface area (TPSA) is 154 Å². The number of esters is 2. The molecular formula is C37H40N2O9. The van der Waals surface area contributed by atoms with Crippen LogP contribution in [-0.2, 0) is 31.0 Å². The van der Waals surface area contributed by atoms with Gasteiger partial charge in [-0.2, -0.15) is 0 Å². The first-order chi connectivity index (χ1) is 23.2. The number of aliphatic carboxylic acids is 2. The summed E-state index contributed by atoms with van der Waals surface area (Å²) in [6.45, 7) is 3.54. The van der Waals surface area contributed by atoms with E-state index in [1.54, 1.807) is 12.1 Å². The van der Waals surface area contributed by atoms with Crippen molar-refractivity contribution in [3.63, 3.8) is 0 Å². The third-order valence-electron chi connectivity index (χ3n) is 9.90. The number of carboxylic acid groups (broad SMARTS) is 2. The zero-order valence-corrected chi connectivity index (χ0v) is 26.6. The minimum absolute atomic E-state index is 0.0253. The summed E-state index contributed by atoms with van der Waals surface area (Å²) >= 11 is 0. The van der Waals surface area contributed by atoms with Crippen LogP contribution in [0.25, 0.3) is 0 Å². The van der Waals surface area contributed by atoms with Crippen LogP contribution < -0.4 is 0 Å². The van der Waals surface area contributed by atoms with E-state index in [1.807, 2.05) is 6.07 Å². The second-order valence-corrected chi connectivity index (χ2v) is 13.0. The van der Waals surface area contributed by atoms with Crippen LogP contribution in [0.15, 0.2) is 78.9 Å². The zero-order valence-electron chi connectivity index (χ0n) is 26.6. The molecule has 2 heterocycles. The predicted molar refractivity (Wildman–Crippen MR) is 173 cm³/mol. The molecule has 3 aromatic rings. The highest BCUT2D eigenvalue weighted by atomic mass is 16.6. The monoisotopic (exact) mass is 656 g/mol. The SMILES string of the molecule is O=C(OC(C(=O)O)C(OC(=O)c1ccccc1)C(=O)O)c1ccccc1.Oc1ccc2c(c1)[C@@]13CCCC[C@H]1[N@@](C2)N(CC1CC1)CC3. The first kappa shape index (κ1) is 33.2. The molecule has 2 aliphatic carbocycles. The van der Waals surface area contributed by atoms with Crippen molar-refractivity contribution in [2.75, 3.05) is 13.1 Å². The fourth-order valence-corrected chi connectivity index (χ4v) is 7.39. The average molecular weight is 657 g/mol. The van der Waals surface area contributed by atoms with Crippen molar-refractivity contribution in [1.29, 1.82) is 0 Å². The molecule has 2 saturated carbocycles. The largest absolute Gasteiger partial charge is 0.508 e. The summed E-state index contributed by atoms with van der Waals surface area (Å²) in [6.07, 6.45) is 5.07. The standard InChI is InChI=1S/C19H26N2O.C18H14O8/c22-16-7-6-15-13-21-18-3-1-2-8-19(18,17(15)11-16)9-10-20(21)12-14-4-5-14;19-15(20)13(25-17(23)11-7-3-1-4-8-11)14(16(21)22)26-18(24)12-9-5-2-6-10-12/h6-7,11,14,18,22H,1-5,8-10,12-13H2;1-10,13-14H,(H,19,20)(H,21,22)/t18-,19+;/m1./s1. The van der Waals surface area contributed by atoms with Crippen molar-refractivity contribution in [3.05, 3.63) is 101 Å². The van der Waals surface area contributed by atoms with Crippen LogP contribution in [0.2, 0.25) is 0 Å². The van der Waals surface area contributed by atoms with E-state index in [4.69, 9.17) is 9.47 Å². The van der Waals surface area contributed by atoms with Crippen LogP contribution in [0.3, 0.4) is 0 Å². The highest BCUT2D eigenvalue weighted by molar-refractivity contribution is 5.95. The fourth-order valence-electron chi connectivity index (χ4n) is 7.39. The van der Waals surface area contributed by atoms with Crippen LogP contribution in [0.4, 0.5) is 0 Å². The van der Waals surface area contributed by atoms with E-state index < -0.39 is 36.1 Å². The summed E-state index contributed by atoms with van der Waals surface area (Å²) < 4.78 is 9.52. The van der Waals surface area contributed by atoms with E-state index in [1.165, 1.54) is 118 Å². The van der Waals surface area contributed by atoms with E-state index in [0.717, 1.165) is 12.5 Å². The number of nitrogens with zero attached hydrogens (tertiary/aromatic N) is 2. The van der Waals surface area contributed by atoms with Gasteiger partial charge in [0.25, 0.3) is 0 Å². The van der Waals surface area contributed by atoms with Crippen molar-refractivity contribution in [3.8, 4) is 5.75 Å². The first-order valence-corrected chi connectivity index (χ1v) is 16.5. The van der Waals surface area contributed by atoms with E-state index in [2.05, 4.69) is 22.2 Å². The summed E-state index contributed by atoms with van der Waals surface area (Å²) in [7, 11) is 0. The lowest BCUT2D eigenvalue weighted by Crippen LogP contribution is -2.66. The molecule has 2 aliphatic heterocycles. The maximum Gasteiger partial charge on any atom is 0.349 e. The molecule has 3 fully saturated rings. The number of benzene rings is 3. The lowest BCUT2D eigenvalue weighted by Gasteiger charge is -2.60. The van der Waals surface area contributed by atoms with Crippen molar-refractivity contribution < 1.29 is 44.0 Å². The molecule has 0 spiro atoms. The maximum absolute atomic E-state index is 12.0. The van der Waals surface area contributed by atoms with Crippen molar-refractivity contribution >= 4 is 23.9 Å². The molecule has 3 aromatic carbocycles. The average Bonchev–Trinajstić information content (AvgIpc) is 3.92. The van der Waals surface area contributed by atoms with Gasteiger partial charge in [0.05, 0.1) is 11.1 Å². The fraction of sp³-hybridized carbons (Fsp3) is 0.405. The summed E-state index contributed by atoms with van der Waals surface area (Å²) in [5.74, 6) is -4.23. The van der Waals surface area contributed by atoms with Crippen molar-refractivity contribution in [2.45, 2.75) is 75.2 Å². The lowest BCUT2D eigenvalue weighted by molar-refractivity contribution is -0.166. The van der Waals surface area contributed by atoms with E-state index >= 15 is 0 Å². The summed E-state index contributed by atoms with van der Waals surface area (Å²) in [5.41, 5.74) is 3.29. The minimum atomic E-state index is -2.21. The molecule has 0 radical (unpaired) electrons.